The second-order valence-electron chi connectivity index (χ2n) is 12.0. The van der Waals surface area contributed by atoms with Gasteiger partial charge in [0, 0.05) is 28.8 Å². The molecular formula is C37H31F4N5O3S. The van der Waals surface area contributed by atoms with Gasteiger partial charge in [-0.15, -0.1) is 11.3 Å². The van der Waals surface area contributed by atoms with Crippen LogP contribution in [0.15, 0.2) is 83.3 Å². The van der Waals surface area contributed by atoms with E-state index >= 15 is 0 Å². The first-order chi connectivity index (χ1) is 24.3. The standard InChI is InChI=1S/C37H31F4N5O3S/c38-35(39)29-19-31(36(40)41)46(43-29)34(47)21-45-16-14-25(15-17-45)37-42-30(22-50-37)28-20-33(49-44-28)27-12-3-4-13-32(27)48-18-6-10-24-9-5-8-23-7-1-2-11-26(23)24/h1-5,7-9,11-13,19,22,25,33,35-36H,14-18,20-21H2. The molecule has 2 aromatic heterocycles. The van der Waals surface area contributed by atoms with Crippen LogP contribution in [-0.4, -0.2) is 57.5 Å². The third kappa shape index (κ3) is 7.27. The summed E-state index contributed by atoms with van der Waals surface area (Å²) in [5.74, 6) is 6.42. The van der Waals surface area contributed by atoms with Crippen molar-refractivity contribution in [3.05, 3.63) is 111 Å². The first-order valence-electron chi connectivity index (χ1n) is 16.1. The Hall–Kier alpha value is -5.06. The van der Waals surface area contributed by atoms with Crippen LogP contribution in [0.5, 0.6) is 5.75 Å². The first kappa shape index (κ1) is 33.4. The molecule has 1 fully saturated rings. The fraction of sp³-hybridized carbons (Fsp3) is 0.297. The number of hydrogen-bond acceptors (Lipinski definition) is 8. The van der Waals surface area contributed by atoms with Crippen LogP contribution >= 0.6 is 11.3 Å². The Labute approximate surface area is 289 Å². The molecule has 256 valence electrons. The van der Waals surface area contributed by atoms with Crippen LogP contribution in [0.3, 0.4) is 0 Å². The van der Waals surface area contributed by atoms with E-state index < -0.39 is 30.1 Å². The third-order valence-corrected chi connectivity index (χ3v) is 9.81. The molecule has 0 aliphatic carbocycles. The van der Waals surface area contributed by atoms with Crippen molar-refractivity contribution in [1.82, 2.24) is 19.7 Å². The van der Waals surface area contributed by atoms with Gasteiger partial charge in [-0.05, 0) is 54.9 Å². The maximum Gasteiger partial charge on any atom is 0.282 e. The van der Waals surface area contributed by atoms with Crippen LogP contribution in [0.1, 0.15) is 82.1 Å². The van der Waals surface area contributed by atoms with Gasteiger partial charge in [-0.3, -0.25) is 9.69 Å². The molecule has 8 nitrogen and oxygen atoms in total. The number of hydrogen-bond donors (Lipinski definition) is 0. The minimum Gasteiger partial charge on any atom is -0.481 e. The number of piperidine rings is 1. The van der Waals surface area contributed by atoms with Crippen LogP contribution in [0.4, 0.5) is 17.6 Å². The van der Waals surface area contributed by atoms with Gasteiger partial charge in [0.25, 0.3) is 18.8 Å². The molecule has 0 saturated carbocycles. The quantitative estimate of drug-likeness (QED) is 0.114. The number of oxime groups is 1. The Bertz CT molecular complexity index is 2090. The Morgan fingerprint density at radius 2 is 1.78 bits per heavy atom. The molecule has 2 aliphatic rings. The summed E-state index contributed by atoms with van der Waals surface area (Å²) in [5.41, 5.74) is 1.64. The lowest BCUT2D eigenvalue weighted by Gasteiger charge is -2.30. The number of carbonyl (C=O) groups is 1. The van der Waals surface area contributed by atoms with Crippen molar-refractivity contribution in [3.63, 3.8) is 0 Å². The number of fused-ring (bicyclic) bond motifs is 1. The van der Waals surface area contributed by atoms with E-state index in [0.717, 1.165) is 38.3 Å². The van der Waals surface area contributed by atoms with Crippen molar-refractivity contribution >= 4 is 33.7 Å². The van der Waals surface area contributed by atoms with Gasteiger partial charge in [0.05, 0.1) is 17.2 Å². The van der Waals surface area contributed by atoms with Crippen LogP contribution in [0.25, 0.3) is 10.8 Å². The number of benzene rings is 3. The average Bonchev–Trinajstić information content (AvgIpc) is 3.91. The van der Waals surface area contributed by atoms with Crippen molar-refractivity contribution in [2.45, 2.75) is 44.1 Å². The van der Waals surface area contributed by atoms with Gasteiger partial charge in [-0.1, -0.05) is 71.6 Å². The summed E-state index contributed by atoms with van der Waals surface area (Å²) in [7, 11) is 0. The van der Waals surface area contributed by atoms with E-state index in [-0.39, 0.29) is 25.2 Å². The van der Waals surface area contributed by atoms with Crippen LogP contribution < -0.4 is 4.74 Å². The molecule has 7 rings (SSSR count). The first-order valence-corrected chi connectivity index (χ1v) is 17.0. The summed E-state index contributed by atoms with van der Waals surface area (Å²) in [4.78, 5) is 25.3. The Morgan fingerprint density at radius 1 is 1.00 bits per heavy atom. The van der Waals surface area contributed by atoms with E-state index in [1.807, 2.05) is 58.8 Å². The van der Waals surface area contributed by atoms with Gasteiger partial charge in [-0.2, -0.15) is 9.78 Å². The molecule has 0 bridgehead atoms. The highest BCUT2D eigenvalue weighted by Crippen LogP contribution is 2.37. The number of rotatable bonds is 9. The summed E-state index contributed by atoms with van der Waals surface area (Å²) in [6.45, 7) is 1.06. The normalized spacial score (nSPS) is 16.8. The lowest BCUT2D eigenvalue weighted by atomic mass is 9.97. The zero-order valence-electron chi connectivity index (χ0n) is 26.6. The number of alkyl halides is 4. The number of nitrogens with zero attached hydrogens (tertiary/aromatic N) is 5. The lowest BCUT2D eigenvalue weighted by Crippen LogP contribution is -2.39. The zero-order valence-corrected chi connectivity index (χ0v) is 27.5. The molecule has 1 unspecified atom stereocenters. The van der Waals surface area contributed by atoms with E-state index in [0.29, 0.717) is 48.8 Å². The number of thiazole rings is 1. The van der Waals surface area contributed by atoms with E-state index in [1.54, 1.807) is 0 Å². The zero-order chi connectivity index (χ0) is 34.6. The fourth-order valence-corrected chi connectivity index (χ4v) is 7.23. The number of halogens is 4. The molecule has 0 spiro atoms. The maximum atomic E-state index is 13.4. The Morgan fingerprint density at radius 3 is 2.60 bits per heavy atom. The maximum absolute atomic E-state index is 13.4. The highest BCUT2D eigenvalue weighted by Gasteiger charge is 2.31. The van der Waals surface area contributed by atoms with E-state index in [4.69, 9.17) is 14.6 Å². The smallest absolute Gasteiger partial charge is 0.282 e. The minimum atomic E-state index is -3.09. The second kappa shape index (κ2) is 14.8. The average molecular weight is 702 g/mol. The van der Waals surface area contributed by atoms with Gasteiger partial charge in [0.15, 0.2) is 6.10 Å². The van der Waals surface area contributed by atoms with Crippen molar-refractivity contribution in [1.29, 1.82) is 0 Å². The Kier molecular flexibility index (Phi) is 9.91. The molecule has 0 N–H and O–H groups in total. The molecule has 13 heteroatoms. The van der Waals surface area contributed by atoms with Gasteiger partial charge < -0.3 is 9.57 Å². The topological polar surface area (TPSA) is 81.8 Å². The predicted octanol–water partition coefficient (Wildman–Crippen LogP) is 8.18. The van der Waals surface area contributed by atoms with Gasteiger partial charge >= 0.3 is 0 Å². The van der Waals surface area contributed by atoms with Gasteiger partial charge in [0.1, 0.15) is 29.5 Å². The summed E-state index contributed by atoms with van der Waals surface area (Å²) < 4.78 is 59.3. The largest absolute Gasteiger partial charge is 0.481 e. The summed E-state index contributed by atoms with van der Waals surface area (Å²) in [5, 5.41) is 12.9. The molecule has 2 aliphatic heterocycles. The Balaban J connectivity index is 0.927. The monoisotopic (exact) mass is 701 g/mol. The van der Waals surface area contributed by atoms with Gasteiger partial charge in [0.2, 0.25) is 0 Å². The molecule has 3 aromatic carbocycles. The molecule has 0 amide bonds. The summed E-state index contributed by atoms with van der Waals surface area (Å²) in [6.07, 6.45) is -4.56. The highest BCUT2D eigenvalue weighted by atomic mass is 32.1. The van der Waals surface area contributed by atoms with Crippen molar-refractivity contribution in [2.75, 3.05) is 26.2 Å². The minimum absolute atomic E-state index is 0.148. The fourth-order valence-electron chi connectivity index (χ4n) is 6.23. The molecule has 5 aromatic rings. The van der Waals surface area contributed by atoms with Crippen LogP contribution in [0, 0.1) is 11.8 Å². The van der Waals surface area contributed by atoms with E-state index in [2.05, 4.69) is 40.3 Å². The van der Waals surface area contributed by atoms with E-state index in [9.17, 15) is 22.4 Å². The highest BCUT2D eigenvalue weighted by molar-refractivity contribution is 7.10. The molecule has 50 heavy (non-hydrogen) atoms. The van der Waals surface area contributed by atoms with Crippen LogP contribution in [-0.2, 0) is 4.84 Å². The molecule has 1 atom stereocenters. The van der Waals surface area contributed by atoms with Crippen molar-refractivity contribution in [3.8, 4) is 17.6 Å². The number of likely N-dealkylation sites (tertiary alicyclic amines) is 1. The summed E-state index contributed by atoms with van der Waals surface area (Å²) in [6, 6.07) is 22.5. The number of carbonyl (C=O) groups excluding carboxylic acids is 1. The predicted molar refractivity (Wildman–Crippen MR) is 181 cm³/mol. The third-order valence-electron chi connectivity index (χ3n) is 8.80. The van der Waals surface area contributed by atoms with E-state index in [1.165, 1.54) is 11.3 Å². The molecule has 1 saturated heterocycles. The summed E-state index contributed by atoms with van der Waals surface area (Å²) >= 11 is 1.54. The number of aromatic nitrogens is 3. The second-order valence-corrected chi connectivity index (χ2v) is 12.9. The van der Waals surface area contributed by atoms with Crippen molar-refractivity contribution < 1.29 is 31.9 Å². The van der Waals surface area contributed by atoms with Gasteiger partial charge in [-0.25, -0.2) is 22.5 Å². The molecule has 4 heterocycles. The van der Waals surface area contributed by atoms with Crippen molar-refractivity contribution in [2.24, 2.45) is 5.16 Å². The molecular weight excluding hydrogens is 670 g/mol. The van der Waals surface area contributed by atoms with Crippen LogP contribution in [0.2, 0.25) is 0 Å². The number of para-hydroxylation sites is 1. The lowest BCUT2D eigenvalue weighted by molar-refractivity contribution is 0.0767. The number of ether oxygens (including phenoxy) is 1. The molecule has 0 radical (unpaired) electrons. The SMILES string of the molecule is O=C(CN1CCC(c2nc(C3=NOC(c4ccccc4OCC#Cc4cccc5ccccc45)C3)cs2)CC1)n1nc(C(F)F)cc1C(F)F.